The monoisotopic (exact) mass is 497 g/mol. The SMILES string of the molecule is CC(SC1=N/C(=C\c2ccccc2)C(=O)N1c1ccc(F)cc1)C(=O)Nc1ccc(F)cc1Cl. The number of amides is 2. The maximum Gasteiger partial charge on any atom is 0.283 e. The molecule has 1 heterocycles. The summed E-state index contributed by atoms with van der Waals surface area (Å²) in [6.45, 7) is 1.65. The van der Waals surface area contributed by atoms with Crippen LogP contribution in [0.25, 0.3) is 6.08 Å². The molecule has 0 spiro atoms. The molecule has 1 N–H and O–H groups in total. The highest BCUT2D eigenvalue weighted by atomic mass is 35.5. The van der Waals surface area contributed by atoms with Crippen molar-refractivity contribution >= 4 is 57.8 Å². The van der Waals surface area contributed by atoms with Gasteiger partial charge in [-0.1, -0.05) is 53.7 Å². The zero-order valence-electron chi connectivity index (χ0n) is 17.8. The summed E-state index contributed by atoms with van der Waals surface area (Å²) in [6.07, 6.45) is 1.65. The molecule has 34 heavy (non-hydrogen) atoms. The van der Waals surface area contributed by atoms with Gasteiger partial charge in [0.05, 0.1) is 21.6 Å². The van der Waals surface area contributed by atoms with Crippen LogP contribution >= 0.6 is 23.4 Å². The minimum atomic E-state index is -0.688. The first-order valence-corrected chi connectivity index (χ1v) is 11.5. The lowest BCUT2D eigenvalue weighted by molar-refractivity contribution is -0.115. The normalized spacial score (nSPS) is 15.4. The van der Waals surface area contributed by atoms with Gasteiger partial charge < -0.3 is 5.32 Å². The number of halogens is 3. The van der Waals surface area contributed by atoms with Gasteiger partial charge in [-0.2, -0.15) is 0 Å². The summed E-state index contributed by atoms with van der Waals surface area (Å²) >= 11 is 7.06. The molecular weight excluding hydrogens is 480 g/mol. The third kappa shape index (κ3) is 5.35. The van der Waals surface area contributed by atoms with Crippen molar-refractivity contribution in [2.24, 2.45) is 4.99 Å². The molecule has 3 aromatic rings. The second-order valence-corrected chi connectivity index (χ2v) is 9.04. The van der Waals surface area contributed by atoms with Gasteiger partial charge in [0.1, 0.15) is 17.3 Å². The highest BCUT2D eigenvalue weighted by Gasteiger charge is 2.34. The maximum atomic E-state index is 13.5. The molecule has 0 saturated heterocycles. The number of carbonyl (C=O) groups excluding carboxylic acids is 2. The van der Waals surface area contributed by atoms with Crippen molar-refractivity contribution < 1.29 is 18.4 Å². The molecule has 2 amide bonds. The number of rotatable bonds is 5. The standard InChI is InChI=1S/C25H18ClF2N3O2S/c1-15(23(32)29-21-12-9-18(28)14-20(21)26)34-25-30-22(13-16-5-3-2-4-6-16)24(33)31(25)19-10-7-17(27)8-11-19/h2-15H,1H3,(H,29,32)/b22-13-. The number of benzene rings is 3. The summed E-state index contributed by atoms with van der Waals surface area (Å²) in [5.74, 6) is -1.76. The van der Waals surface area contributed by atoms with Crippen LogP contribution in [0.4, 0.5) is 20.2 Å². The average molecular weight is 498 g/mol. The Kier molecular flexibility index (Phi) is 7.09. The molecule has 4 rings (SSSR count). The van der Waals surface area contributed by atoms with Crippen molar-refractivity contribution in [3.63, 3.8) is 0 Å². The third-order valence-corrected chi connectivity index (χ3v) is 6.22. The predicted octanol–water partition coefficient (Wildman–Crippen LogP) is 6.12. The van der Waals surface area contributed by atoms with E-state index in [-0.39, 0.29) is 21.6 Å². The van der Waals surface area contributed by atoms with Crippen molar-refractivity contribution in [2.45, 2.75) is 12.2 Å². The molecule has 0 fully saturated rings. The second kappa shape index (κ2) is 10.2. The zero-order valence-corrected chi connectivity index (χ0v) is 19.4. The minimum absolute atomic E-state index is 0.0694. The highest BCUT2D eigenvalue weighted by Crippen LogP contribution is 2.32. The van der Waals surface area contributed by atoms with E-state index in [0.717, 1.165) is 23.4 Å². The lowest BCUT2D eigenvalue weighted by atomic mass is 10.2. The second-order valence-electron chi connectivity index (χ2n) is 7.33. The topological polar surface area (TPSA) is 61.8 Å². The van der Waals surface area contributed by atoms with Crippen LogP contribution in [-0.2, 0) is 9.59 Å². The van der Waals surface area contributed by atoms with E-state index in [4.69, 9.17) is 11.6 Å². The summed E-state index contributed by atoms with van der Waals surface area (Å²) < 4.78 is 26.8. The number of nitrogens with zero attached hydrogens (tertiary/aromatic N) is 2. The first-order valence-electron chi connectivity index (χ1n) is 10.2. The lowest BCUT2D eigenvalue weighted by Crippen LogP contribution is -2.33. The Hall–Kier alpha value is -3.49. The molecule has 1 unspecified atom stereocenters. The molecule has 0 aliphatic carbocycles. The first-order chi connectivity index (χ1) is 16.3. The number of anilines is 2. The third-order valence-electron chi connectivity index (χ3n) is 4.86. The quantitative estimate of drug-likeness (QED) is 0.432. The van der Waals surface area contributed by atoms with Crippen LogP contribution < -0.4 is 10.2 Å². The van der Waals surface area contributed by atoms with E-state index in [2.05, 4.69) is 10.3 Å². The van der Waals surface area contributed by atoms with Crippen LogP contribution in [0.5, 0.6) is 0 Å². The summed E-state index contributed by atoms with van der Waals surface area (Å²) in [7, 11) is 0. The Morgan fingerprint density at radius 1 is 1.06 bits per heavy atom. The number of aliphatic imine (C=N–C) groups is 1. The van der Waals surface area contributed by atoms with Gasteiger partial charge in [0, 0.05) is 0 Å². The fourth-order valence-electron chi connectivity index (χ4n) is 3.14. The number of nitrogens with one attached hydrogen (secondary N) is 1. The molecule has 9 heteroatoms. The minimum Gasteiger partial charge on any atom is -0.324 e. The van der Waals surface area contributed by atoms with E-state index >= 15 is 0 Å². The lowest BCUT2D eigenvalue weighted by Gasteiger charge is -2.20. The van der Waals surface area contributed by atoms with Gasteiger partial charge in [-0.3, -0.25) is 14.5 Å². The van der Waals surface area contributed by atoms with Crippen LogP contribution in [0.15, 0.2) is 83.5 Å². The van der Waals surface area contributed by atoms with E-state index in [0.29, 0.717) is 5.69 Å². The molecular formula is C25H18ClF2N3O2S. The molecule has 0 radical (unpaired) electrons. The van der Waals surface area contributed by atoms with E-state index < -0.39 is 28.7 Å². The van der Waals surface area contributed by atoms with Crippen LogP contribution in [0.3, 0.4) is 0 Å². The van der Waals surface area contributed by atoms with Crippen molar-refractivity contribution in [1.82, 2.24) is 0 Å². The van der Waals surface area contributed by atoms with Gasteiger partial charge in [0.2, 0.25) is 5.91 Å². The Morgan fingerprint density at radius 2 is 1.74 bits per heavy atom. The maximum absolute atomic E-state index is 13.5. The fraction of sp³-hybridized carbons (Fsp3) is 0.0800. The summed E-state index contributed by atoms with van der Waals surface area (Å²) in [6, 6.07) is 18.3. The van der Waals surface area contributed by atoms with Gasteiger partial charge >= 0.3 is 0 Å². The Labute approximate surface area is 204 Å². The van der Waals surface area contributed by atoms with E-state index in [1.54, 1.807) is 13.0 Å². The van der Waals surface area contributed by atoms with Crippen molar-refractivity contribution in [3.05, 3.63) is 101 Å². The van der Waals surface area contributed by atoms with Gasteiger partial charge in [-0.15, -0.1) is 0 Å². The molecule has 0 aromatic heterocycles. The van der Waals surface area contributed by atoms with Crippen molar-refractivity contribution in [1.29, 1.82) is 0 Å². The Morgan fingerprint density at radius 3 is 2.41 bits per heavy atom. The molecule has 5 nitrogen and oxygen atoms in total. The van der Waals surface area contributed by atoms with Gasteiger partial charge in [0.25, 0.3) is 5.91 Å². The van der Waals surface area contributed by atoms with E-state index in [1.165, 1.54) is 41.3 Å². The van der Waals surface area contributed by atoms with E-state index in [1.807, 2.05) is 30.3 Å². The highest BCUT2D eigenvalue weighted by molar-refractivity contribution is 8.15. The number of hydrogen-bond acceptors (Lipinski definition) is 4. The summed E-state index contributed by atoms with van der Waals surface area (Å²) in [5, 5.41) is 2.31. The summed E-state index contributed by atoms with van der Waals surface area (Å²) in [5.41, 5.74) is 1.66. The summed E-state index contributed by atoms with van der Waals surface area (Å²) in [4.78, 5) is 31.8. The molecule has 3 aromatic carbocycles. The van der Waals surface area contributed by atoms with Crippen molar-refractivity contribution in [2.75, 3.05) is 10.2 Å². The molecule has 1 aliphatic heterocycles. The first kappa shape index (κ1) is 23.7. The van der Waals surface area contributed by atoms with Crippen LogP contribution in [0, 0.1) is 11.6 Å². The molecule has 172 valence electrons. The van der Waals surface area contributed by atoms with Crippen molar-refractivity contribution in [3.8, 4) is 0 Å². The van der Waals surface area contributed by atoms with Gasteiger partial charge in [-0.25, -0.2) is 13.8 Å². The van der Waals surface area contributed by atoms with Crippen LogP contribution in [0.2, 0.25) is 5.02 Å². The van der Waals surface area contributed by atoms with Gasteiger partial charge in [0.15, 0.2) is 5.17 Å². The smallest absolute Gasteiger partial charge is 0.283 e. The molecule has 0 saturated carbocycles. The van der Waals surface area contributed by atoms with Crippen LogP contribution in [0.1, 0.15) is 12.5 Å². The Bertz CT molecular complexity index is 1300. The number of amidine groups is 1. The number of hydrogen-bond donors (Lipinski definition) is 1. The average Bonchev–Trinajstić information content (AvgIpc) is 3.11. The van der Waals surface area contributed by atoms with Crippen LogP contribution in [-0.4, -0.2) is 22.2 Å². The number of thioether (sulfide) groups is 1. The zero-order chi connectivity index (χ0) is 24.2. The predicted molar refractivity (Wildman–Crippen MR) is 133 cm³/mol. The molecule has 1 aliphatic rings. The molecule has 0 bridgehead atoms. The number of carbonyl (C=O) groups is 2. The molecule has 1 atom stereocenters. The Balaban J connectivity index is 1.60. The fourth-order valence-corrected chi connectivity index (χ4v) is 4.28. The van der Waals surface area contributed by atoms with E-state index in [9.17, 15) is 18.4 Å². The van der Waals surface area contributed by atoms with Gasteiger partial charge in [-0.05, 0) is 61.0 Å². The largest absolute Gasteiger partial charge is 0.324 e.